The molecule has 0 fully saturated rings. The third kappa shape index (κ3) is 3.15. The number of nitrogens with two attached hydrogens (primary N) is 1. The van der Waals surface area contributed by atoms with Crippen molar-refractivity contribution in [3.8, 4) is 17.2 Å². The van der Waals surface area contributed by atoms with Gasteiger partial charge in [-0.2, -0.15) is 13.6 Å². The van der Waals surface area contributed by atoms with Gasteiger partial charge in [0.05, 0.1) is 18.2 Å². The van der Waals surface area contributed by atoms with Gasteiger partial charge in [0.2, 0.25) is 0 Å². The van der Waals surface area contributed by atoms with Gasteiger partial charge in [-0.05, 0) is 0 Å². The molecule has 2 N–H and O–H groups in total. The van der Waals surface area contributed by atoms with Crippen LogP contribution in [0.1, 0.15) is 6.42 Å². The van der Waals surface area contributed by atoms with Crippen LogP contribution in [0.3, 0.4) is 0 Å². The fourth-order valence-corrected chi connectivity index (χ4v) is 2.01. The molecule has 1 aliphatic heterocycles. The summed E-state index contributed by atoms with van der Waals surface area (Å²) in [6.45, 7) is 0.949. The van der Waals surface area contributed by atoms with Crippen molar-refractivity contribution >= 4 is 21.9 Å². The third-order valence-corrected chi connectivity index (χ3v) is 2.69. The fraction of sp³-hybridized carbons (Fsp3) is 0.333. The molecule has 0 saturated heterocycles. The van der Waals surface area contributed by atoms with Crippen molar-refractivity contribution in [1.29, 1.82) is 0 Å². The highest BCUT2D eigenvalue weighted by Gasteiger charge is 2.17. The zero-order valence-corrected chi connectivity index (χ0v) is 10.3. The van der Waals surface area contributed by atoms with E-state index in [1.165, 1.54) is 12.1 Å². The van der Waals surface area contributed by atoms with Crippen LogP contribution in [0.4, 0.5) is 0 Å². The molecule has 0 unspecified atom stereocenters. The van der Waals surface area contributed by atoms with E-state index in [1.54, 1.807) is 0 Å². The molecule has 1 heterocycles. The Balaban J connectivity index is 2.39. The predicted octanol–water partition coefficient (Wildman–Crippen LogP) is 1.08. The van der Waals surface area contributed by atoms with Gasteiger partial charge in [0, 0.05) is 18.6 Å². The molecule has 8 heteroatoms. The highest BCUT2D eigenvalue weighted by molar-refractivity contribution is 7.84. The first kappa shape index (κ1) is 12.3. The molecule has 1 aromatic rings. The number of hydrogen-bond acceptors (Lipinski definition) is 5. The van der Waals surface area contributed by atoms with Crippen molar-refractivity contribution < 1.29 is 22.1 Å². The van der Waals surface area contributed by atoms with Crippen molar-refractivity contribution in [3.63, 3.8) is 0 Å². The third-order valence-electron chi connectivity index (χ3n) is 1.99. The van der Waals surface area contributed by atoms with Gasteiger partial charge < -0.3 is 13.7 Å². The summed E-state index contributed by atoms with van der Waals surface area (Å²) in [5, 5.41) is 4.97. The van der Waals surface area contributed by atoms with Gasteiger partial charge in [-0.15, -0.1) is 0 Å². The largest absolute Gasteiger partial charge is 0.489 e. The Hall–Kier alpha value is -1.18. The lowest BCUT2D eigenvalue weighted by molar-refractivity contribution is 0.297. The van der Waals surface area contributed by atoms with Crippen LogP contribution >= 0.6 is 11.6 Å². The van der Waals surface area contributed by atoms with Gasteiger partial charge in [-0.25, -0.2) is 0 Å². The van der Waals surface area contributed by atoms with E-state index in [9.17, 15) is 8.42 Å². The molecule has 0 spiro atoms. The Morgan fingerprint density at radius 3 is 2.71 bits per heavy atom. The first-order valence-corrected chi connectivity index (χ1v) is 6.62. The topological polar surface area (TPSA) is 87.9 Å². The lowest BCUT2D eigenvalue weighted by Crippen LogP contribution is -2.19. The molecule has 0 bridgehead atoms. The zero-order valence-electron chi connectivity index (χ0n) is 8.68. The van der Waals surface area contributed by atoms with Crippen molar-refractivity contribution in [1.82, 2.24) is 0 Å². The average Bonchev–Trinajstić information content (AvgIpc) is 2.40. The molecule has 17 heavy (non-hydrogen) atoms. The first-order valence-electron chi connectivity index (χ1n) is 4.77. The summed E-state index contributed by atoms with van der Waals surface area (Å²) in [7, 11) is -4.08. The van der Waals surface area contributed by atoms with E-state index in [4.69, 9.17) is 26.2 Å². The fourth-order valence-electron chi connectivity index (χ4n) is 1.39. The molecule has 0 aliphatic carbocycles. The molecule has 2 rings (SSSR count). The van der Waals surface area contributed by atoms with E-state index in [-0.39, 0.29) is 10.8 Å². The Labute approximate surface area is 103 Å². The molecular weight excluding hydrogens is 270 g/mol. The van der Waals surface area contributed by atoms with Crippen LogP contribution in [-0.2, 0) is 10.3 Å². The summed E-state index contributed by atoms with van der Waals surface area (Å²) in [6.07, 6.45) is 0.719. The van der Waals surface area contributed by atoms with E-state index in [0.29, 0.717) is 24.7 Å². The lowest BCUT2D eigenvalue weighted by atomic mass is 10.3. The molecule has 0 amide bonds. The summed E-state index contributed by atoms with van der Waals surface area (Å²) in [4.78, 5) is 0. The monoisotopic (exact) mass is 279 g/mol. The van der Waals surface area contributed by atoms with E-state index in [2.05, 4.69) is 4.18 Å². The van der Waals surface area contributed by atoms with Gasteiger partial charge in [0.1, 0.15) is 5.75 Å². The summed E-state index contributed by atoms with van der Waals surface area (Å²) in [6, 6.07) is 2.68. The number of benzene rings is 1. The van der Waals surface area contributed by atoms with E-state index < -0.39 is 10.3 Å². The van der Waals surface area contributed by atoms with Gasteiger partial charge >= 0.3 is 10.3 Å². The number of halogens is 1. The summed E-state index contributed by atoms with van der Waals surface area (Å²) < 4.78 is 36.8. The van der Waals surface area contributed by atoms with Crippen LogP contribution in [0.15, 0.2) is 12.1 Å². The second kappa shape index (κ2) is 4.59. The molecule has 1 aliphatic rings. The molecule has 6 nitrogen and oxygen atoms in total. The normalized spacial score (nSPS) is 15.2. The van der Waals surface area contributed by atoms with Crippen LogP contribution in [0.25, 0.3) is 0 Å². The number of fused-ring (bicyclic) bond motifs is 1. The molecule has 0 atom stereocenters. The van der Waals surface area contributed by atoms with Gasteiger partial charge in [-0.1, -0.05) is 11.6 Å². The van der Waals surface area contributed by atoms with Gasteiger partial charge in [-0.3, -0.25) is 0 Å². The van der Waals surface area contributed by atoms with Gasteiger partial charge in [0.25, 0.3) is 0 Å². The van der Waals surface area contributed by atoms with Crippen molar-refractivity contribution in [3.05, 3.63) is 17.2 Å². The number of rotatable bonds is 2. The Morgan fingerprint density at radius 2 is 2.00 bits per heavy atom. The smallest absolute Gasteiger partial charge is 0.380 e. The van der Waals surface area contributed by atoms with E-state index in [0.717, 1.165) is 6.42 Å². The maximum absolute atomic E-state index is 10.8. The minimum atomic E-state index is -4.08. The van der Waals surface area contributed by atoms with Crippen molar-refractivity contribution in [2.24, 2.45) is 5.14 Å². The van der Waals surface area contributed by atoms with Crippen LogP contribution in [0.2, 0.25) is 5.02 Å². The molecular formula is C9H10ClNO5S. The molecule has 0 saturated carbocycles. The quantitative estimate of drug-likeness (QED) is 0.875. The minimum absolute atomic E-state index is 0.0123. The second-order valence-corrected chi connectivity index (χ2v) is 4.92. The van der Waals surface area contributed by atoms with Crippen LogP contribution in [0, 0.1) is 0 Å². The SMILES string of the molecule is NS(=O)(=O)Oc1cc(Cl)c2c(c1)OCCCO2. The highest BCUT2D eigenvalue weighted by atomic mass is 35.5. The van der Waals surface area contributed by atoms with Crippen molar-refractivity contribution in [2.45, 2.75) is 6.42 Å². The first-order chi connectivity index (χ1) is 7.96. The lowest BCUT2D eigenvalue weighted by Gasteiger charge is -2.11. The zero-order chi connectivity index (χ0) is 12.5. The van der Waals surface area contributed by atoms with E-state index in [1.807, 2.05) is 0 Å². The van der Waals surface area contributed by atoms with Crippen LogP contribution < -0.4 is 18.8 Å². The summed E-state index contributed by atoms with van der Waals surface area (Å²) in [5.74, 6) is 0.710. The Morgan fingerprint density at radius 1 is 1.29 bits per heavy atom. The number of hydrogen-bond donors (Lipinski definition) is 1. The summed E-state index contributed by atoms with van der Waals surface area (Å²) >= 11 is 5.93. The minimum Gasteiger partial charge on any atom is -0.489 e. The second-order valence-electron chi connectivity index (χ2n) is 3.36. The maximum atomic E-state index is 10.8. The van der Waals surface area contributed by atoms with Crippen LogP contribution in [0.5, 0.6) is 17.2 Å². The predicted molar refractivity (Wildman–Crippen MR) is 60.8 cm³/mol. The standard InChI is InChI=1S/C9H10ClNO5S/c10-7-4-6(16-17(11,12)13)5-8-9(7)15-3-1-2-14-8/h4-5H,1-3H2,(H2,11,12,13). The molecule has 0 aromatic heterocycles. The molecule has 1 aromatic carbocycles. The van der Waals surface area contributed by atoms with E-state index >= 15 is 0 Å². The Bertz CT molecular complexity index is 530. The summed E-state index contributed by atoms with van der Waals surface area (Å²) in [5.41, 5.74) is 0. The number of ether oxygens (including phenoxy) is 2. The van der Waals surface area contributed by atoms with Gasteiger partial charge in [0.15, 0.2) is 11.5 Å². The molecule has 94 valence electrons. The molecule has 0 radical (unpaired) electrons. The highest BCUT2D eigenvalue weighted by Crippen LogP contribution is 2.40. The maximum Gasteiger partial charge on any atom is 0.380 e. The Kier molecular flexibility index (Phi) is 3.32. The van der Waals surface area contributed by atoms with Crippen molar-refractivity contribution in [2.75, 3.05) is 13.2 Å². The van der Waals surface area contributed by atoms with Crippen LogP contribution in [-0.4, -0.2) is 21.6 Å². The average molecular weight is 280 g/mol.